The van der Waals surface area contributed by atoms with E-state index >= 15 is 0 Å². The van der Waals surface area contributed by atoms with Gasteiger partial charge in [0.15, 0.2) is 0 Å². The van der Waals surface area contributed by atoms with E-state index in [4.69, 9.17) is 4.74 Å². The third-order valence-corrected chi connectivity index (χ3v) is 6.47. The first-order valence-corrected chi connectivity index (χ1v) is 11.5. The smallest absolute Gasteiger partial charge is 0.352 e. The summed E-state index contributed by atoms with van der Waals surface area (Å²) in [7, 11) is 0. The summed E-state index contributed by atoms with van der Waals surface area (Å²) in [6.45, 7) is 3.95. The Morgan fingerprint density at radius 3 is 2.30 bits per heavy atom. The zero-order chi connectivity index (χ0) is 22.6. The number of carboxylic acid groups (broad SMARTS) is 1. The Kier molecular flexibility index (Phi) is 6.13. The van der Waals surface area contributed by atoms with Gasteiger partial charge in [-0.3, -0.25) is 4.90 Å². The van der Waals surface area contributed by atoms with E-state index in [0.717, 1.165) is 53.0 Å². The number of hydrogen-bond acceptors (Lipinski definition) is 3. The SMILES string of the molecule is O=C(O)c1[nH]c2ccccc2c1C(c1ccccc1)c1ccc(OCCN2CCCC2)cc1. The van der Waals surface area contributed by atoms with E-state index in [1.54, 1.807) is 0 Å². The van der Waals surface area contributed by atoms with Crippen LogP contribution in [0.4, 0.5) is 0 Å². The van der Waals surface area contributed by atoms with Crippen LogP contribution in [-0.4, -0.2) is 47.2 Å². The lowest BCUT2D eigenvalue weighted by Crippen LogP contribution is -2.25. The molecule has 5 heteroatoms. The first-order valence-electron chi connectivity index (χ1n) is 11.5. The Hall–Kier alpha value is -3.57. The third kappa shape index (κ3) is 4.50. The first-order chi connectivity index (χ1) is 16.2. The Morgan fingerprint density at radius 2 is 1.58 bits per heavy atom. The van der Waals surface area contributed by atoms with E-state index in [2.05, 4.69) is 34.1 Å². The molecule has 168 valence electrons. The highest BCUT2D eigenvalue weighted by atomic mass is 16.5. The van der Waals surface area contributed by atoms with Gasteiger partial charge < -0.3 is 14.8 Å². The Morgan fingerprint density at radius 1 is 0.909 bits per heavy atom. The molecule has 0 aliphatic carbocycles. The van der Waals surface area contributed by atoms with Gasteiger partial charge in [-0.25, -0.2) is 4.79 Å². The summed E-state index contributed by atoms with van der Waals surface area (Å²) in [4.78, 5) is 17.7. The molecule has 2 heterocycles. The molecule has 5 rings (SSSR count). The number of ether oxygens (including phenoxy) is 1. The summed E-state index contributed by atoms with van der Waals surface area (Å²) in [5, 5.41) is 10.9. The van der Waals surface area contributed by atoms with Gasteiger partial charge in [-0.1, -0.05) is 60.7 Å². The van der Waals surface area contributed by atoms with E-state index in [1.165, 1.54) is 12.8 Å². The summed E-state index contributed by atoms with van der Waals surface area (Å²) < 4.78 is 5.99. The molecule has 1 unspecified atom stereocenters. The molecule has 1 aliphatic rings. The number of nitrogens with zero attached hydrogens (tertiary/aromatic N) is 1. The van der Waals surface area contributed by atoms with Gasteiger partial charge in [0, 0.05) is 28.9 Å². The molecular formula is C28H28N2O3. The molecule has 0 spiro atoms. The van der Waals surface area contributed by atoms with Crippen LogP contribution in [0.2, 0.25) is 0 Å². The maximum Gasteiger partial charge on any atom is 0.352 e. The molecule has 0 amide bonds. The summed E-state index contributed by atoms with van der Waals surface area (Å²) in [6, 6.07) is 25.9. The van der Waals surface area contributed by atoms with Crippen molar-refractivity contribution in [3.8, 4) is 5.75 Å². The first kappa shape index (κ1) is 21.3. The number of fused-ring (bicyclic) bond motifs is 1. The van der Waals surface area contributed by atoms with Crippen LogP contribution in [0.5, 0.6) is 5.75 Å². The number of H-pyrrole nitrogens is 1. The van der Waals surface area contributed by atoms with Crippen molar-refractivity contribution in [2.24, 2.45) is 0 Å². The maximum atomic E-state index is 12.2. The molecule has 1 aliphatic heterocycles. The van der Waals surface area contributed by atoms with Crippen molar-refractivity contribution in [1.82, 2.24) is 9.88 Å². The van der Waals surface area contributed by atoms with Crippen molar-refractivity contribution in [3.63, 3.8) is 0 Å². The van der Waals surface area contributed by atoms with Crippen LogP contribution in [0.3, 0.4) is 0 Å². The number of aromatic carboxylic acids is 1. The van der Waals surface area contributed by atoms with Crippen molar-refractivity contribution in [3.05, 3.63) is 101 Å². The highest BCUT2D eigenvalue weighted by Crippen LogP contribution is 2.39. The molecule has 1 atom stereocenters. The molecule has 1 saturated heterocycles. The van der Waals surface area contributed by atoms with Crippen LogP contribution >= 0.6 is 0 Å². The molecule has 0 radical (unpaired) electrons. The molecule has 4 aromatic rings. The van der Waals surface area contributed by atoms with Gasteiger partial charge in [0.1, 0.15) is 18.1 Å². The van der Waals surface area contributed by atoms with Crippen molar-refractivity contribution in [1.29, 1.82) is 0 Å². The summed E-state index contributed by atoms with van der Waals surface area (Å²) in [5.41, 5.74) is 3.92. The van der Waals surface area contributed by atoms with Gasteiger partial charge in [0.25, 0.3) is 0 Å². The minimum atomic E-state index is -0.955. The largest absolute Gasteiger partial charge is 0.492 e. The second-order valence-corrected chi connectivity index (χ2v) is 8.57. The second kappa shape index (κ2) is 9.51. The standard InChI is InChI=1S/C28H28N2O3/c31-28(32)27-26(23-10-4-5-11-24(23)29-27)25(20-8-2-1-3-9-20)21-12-14-22(15-13-21)33-19-18-30-16-6-7-17-30/h1-5,8-15,25,29H,6-7,16-19H2,(H,31,32). The fourth-order valence-corrected chi connectivity index (χ4v) is 4.86. The van der Waals surface area contributed by atoms with Crippen LogP contribution in [-0.2, 0) is 0 Å². The molecule has 0 saturated carbocycles. The molecule has 33 heavy (non-hydrogen) atoms. The van der Waals surface area contributed by atoms with Crippen molar-refractivity contribution in [2.75, 3.05) is 26.2 Å². The van der Waals surface area contributed by atoms with Crippen LogP contribution in [0, 0.1) is 0 Å². The number of hydrogen-bond donors (Lipinski definition) is 2. The van der Waals surface area contributed by atoms with E-state index in [1.807, 2.05) is 54.6 Å². The minimum absolute atomic E-state index is 0.216. The van der Waals surface area contributed by atoms with Gasteiger partial charge in [-0.15, -0.1) is 0 Å². The number of benzene rings is 3. The number of carboxylic acids is 1. The van der Waals surface area contributed by atoms with Crippen molar-refractivity contribution in [2.45, 2.75) is 18.8 Å². The summed E-state index contributed by atoms with van der Waals surface area (Å²) in [6.07, 6.45) is 2.56. The highest BCUT2D eigenvalue weighted by molar-refractivity contribution is 5.98. The predicted octanol–water partition coefficient (Wildman–Crippen LogP) is 5.52. The number of nitrogens with one attached hydrogen (secondary N) is 1. The lowest BCUT2D eigenvalue weighted by Gasteiger charge is -2.20. The van der Waals surface area contributed by atoms with Gasteiger partial charge in [0.05, 0.1) is 0 Å². The minimum Gasteiger partial charge on any atom is -0.492 e. The fourth-order valence-electron chi connectivity index (χ4n) is 4.86. The number of aromatic amines is 1. The predicted molar refractivity (Wildman–Crippen MR) is 130 cm³/mol. The van der Waals surface area contributed by atoms with Crippen molar-refractivity contribution < 1.29 is 14.6 Å². The van der Waals surface area contributed by atoms with E-state index in [0.29, 0.717) is 6.61 Å². The lowest BCUT2D eigenvalue weighted by molar-refractivity contribution is 0.0690. The Balaban J connectivity index is 1.49. The van der Waals surface area contributed by atoms with Gasteiger partial charge in [-0.05, 0) is 55.3 Å². The summed E-state index contributed by atoms with van der Waals surface area (Å²) >= 11 is 0. The van der Waals surface area contributed by atoms with Crippen LogP contribution in [0.25, 0.3) is 10.9 Å². The Labute approximate surface area is 193 Å². The van der Waals surface area contributed by atoms with Gasteiger partial charge in [0.2, 0.25) is 0 Å². The zero-order valence-corrected chi connectivity index (χ0v) is 18.5. The van der Waals surface area contributed by atoms with Gasteiger partial charge >= 0.3 is 5.97 Å². The third-order valence-electron chi connectivity index (χ3n) is 6.47. The molecular weight excluding hydrogens is 412 g/mol. The number of para-hydroxylation sites is 1. The Bertz CT molecular complexity index is 1230. The van der Waals surface area contributed by atoms with E-state index < -0.39 is 5.97 Å². The molecule has 1 fully saturated rings. The average Bonchev–Trinajstić information content (AvgIpc) is 3.50. The van der Waals surface area contributed by atoms with Crippen LogP contribution < -0.4 is 4.74 Å². The molecule has 0 bridgehead atoms. The van der Waals surface area contributed by atoms with Crippen LogP contribution in [0.15, 0.2) is 78.9 Å². The average molecular weight is 441 g/mol. The molecule has 5 nitrogen and oxygen atoms in total. The van der Waals surface area contributed by atoms with E-state index in [-0.39, 0.29) is 11.6 Å². The summed E-state index contributed by atoms with van der Waals surface area (Å²) in [5.74, 6) is -0.335. The highest BCUT2D eigenvalue weighted by Gasteiger charge is 2.27. The lowest BCUT2D eigenvalue weighted by atomic mass is 9.83. The molecule has 3 aromatic carbocycles. The van der Waals surface area contributed by atoms with E-state index in [9.17, 15) is 9.90 Å². The number of rotatable bonds is 8. The number of aromatic nitrogens is 1. The maximum absolute atomic E-state index is 12.2. The van der Waals surface area contributed by atoms with Gasteiger partial charge in [-0.2, -0.15) is 0 Å². The molecule has 2 N–H and O–H groups in total. The number of carbonyl (C=O) groups is 1. The zero-order valence-electron chi connectivity index (χ0n) is 18.5. The quantitative estimate of drug-likeness (QED) is 0.379. The second-order valence-electron chi connectivity index (χ2n) is 8.57. The van der Waals surface area contributed by atoms with Crippen LogP contribution in [0.1, 0.15) is 45.9 Å². The normalized spacial score (nSPS) is 15.0. The monoisotopic (exact) mass is 440 g/mol. The fraction of sp³-hybridized carbons (Fsp3) is 0.250. The number of likely N-dealkylation sites (tertiary alicyclic amines) is 1. The topological polar surface area (TPSA) is 65.6 Å². The molecule has 1 aromatic heterocycles. The van der Waals surface area contributed by atoms with Crippen molar-refractivity contribution >= 4 is 16.9 Å².